The maximum absolute atomic E-state index is 13.7. The van der Waals surface area contributed by atoms with Crippen molar-refractivity contribution in [1.29, 1.82) is 0 Å². The van der Waals surface area contributed by atoms with Crippen LogP contribution in [0.15, 0.2) is 35.8 Å². The largest absolute Gasteiger partial charge is 0.309 e. The molecule has 1 N–H and O–H groups in total. The number of carbonyl (C=O) groups excluding carboxylic acids is 2. The Morgan fingerprint density at radius 1 is 1.43 bits per heavy atom. The fourth-order valence-electron chi connectivity index (χ4n) is 2.28. The van der Waals surface area contributed by atoms with Gasteiger partial charge in [-0.25, -0.2) is 9.37 Å². The zero-order chi connectivity index (χ0) is 14.8. The second-order valence-corrected chi connectivity index (χ2v) is 5.58. The molecule has 1 aromatic heterocycles. The molecule has 2 amide bonds. The van der Waals surface area contributed by atoms with Crippen molar-refractivity contribution in [2.24, 2.45) is 5.92 Å². The first-order chi connectivity index (χ1) is 10.1. The highest BCUT2D eigenvalue weighted by Gasteiger charge is 2.36. The molecule has 1 aromatic carbocycles. The van der Waals surface area contributed by atoms with Crippen LogP contribution in [0.3, 0.4) is 0 Å². The standard InChI is InChI=1S/C14H12FN3O2S/c15-10-3-1-2-4-11(10)18-8-9(7-12(18)19)13(20)17-14-16-5-6-21-14/h1-6,9H,7-8H2,(H,16,17,20)/t9-/m1/s1. The molecule has 0 unspecified atom stereocenters. The minimum Gasteiger partial charge on any atom is -0.309 e. The highest BCUT2D eigenvalue weighted by Crippen LogP contribution is 2.28. The number of hydrogen-bond acceptors (Lipinski definition) is 4. The van der Waals surface area contributed by atoms with Gasteiger partial charge in [0.05, 0.1) is 11.6 Å². The monoisotopic (exact) mass is 305 g/mol. The maximum atomic E-state index is 13.7. The highest BCUT2D eigenvalue weighted by atomic mass is 32.1. The first-order valence-corrected chi connectivity index (χ1v) is 7.28. The number of anilines is 2. The van der Waals surface area contributed by atoms with Gasteiger partial charge in [-0.15, -0.1) is 11.3 Å². The molecule has 108 valence electrons. The number of benzene rings is 1. The van der Waals surface area contributed by atoms with Gasteiger partial charge in [0.1, 0.15) is 5.82 Å². The van der Waals surface area contributed by atoms with E-state index in [4.69, 9.17) is 0 Å². The first-order valence-electron chi connectivity index (χ1n) is 6.40. The van der Waals surface area contributed by atoms with Gasteiger partial charge in [-0.1, -0.05) is 12.1 Å². The Bertz CT molecular complexity index is 675. The summed E-state index contributed by atoms with van der Waals surface area (Å²) in [4.78, 5) is 29.4. The average Bonchev–Trinajstić information content (AvgIpc) is 3.09. The third-order valence-electron chi connectivity index (χ3n) is 3.30. The van der Waals surface area contributed by atoms with Crippen molar-refractivity contribution in [2.75, 3.05) is 16.8 Å². The first kappa shape index (κ1) is 13.7. The van der Waals surface area contributed by atoms with Gasteiger partial charge in [0.25, 0.3) is 0 Å². The highest BCUT2D eigenvalue weighted by molar-refractivity contribution is 7.13. The Morgan fingerprint density at radius 3 is 2.95 bits per heavy atom. The summed E-state index contributed by atoms with van der Waals surface area (Å²) >= 11 is 1.31. The van der Waals surface area contributed by atoms with Crippen LogP contribution in [-0.2, 0) is 9.59 Å². The predicted octanol–water partition coefficient (Wildman–Crippen LogP) is 2.27. The van der Waals surface area contributed by atoms with E-state index in [2.05, 4.69) is 10.3 Å². The molecule has 5 nitrogen and oxygen atoms in total. The SMILES string of the molecule is O=C(Nc1nccs1)[C@@H]1CC(=O)N(c2ccccc2F)C1. The third-order valence-corrected chi connectivity index (χ3v) is 3.99. The van der Waals surface area contributed by atoms with Gasteiger partial charge in [0, 0.05) is 24.5 Å². The Kier molecular flexibility index (Phi) is 3.66. The van der Waals surface area contributed by atoms with E-state index < -0.39 is 11.7 Å². The summed E-state index contributed by atoms with van der Waals surface area (Å²) in [5, 5.41) is 4.91. The molecule has 1 saturated heterocycles. The Balaban J connectivity index is 1.73. The lowest BCUT2D eigenvalue weighted by atomic mass is 10.1. The lowest BCUT2D eigenvalue weighted by Gasteiger charge is -2.17. The molecule has 0 saturated carbocycles. The van der Waals surface area contributed by atoms with Crippen LogP contribution in [-0.4, -0.2) is 23.3 Å². The zero-order valence-corrected chi connectivity index (χ0v) is 11.8. The number of hydrogen-bond donors (Lipinski definition) is 1. The number of amides is 2. The fraction of sp³-hybridized carbons (Fsp3) is 0.214. The normalized spacial score (nSPS) is 18.0. The number of thiazole rings is 1. The zero-order valence-electron chi connectivity index (χ0n) is 11.0. The molecule has 7 heteroatoms. The van der Waals surface area contributed by atoms with Crippen LogP contribution in [0.25, 0.3) is 0 Å². The molecule has 0 spiro atoms. The summed E-state index contributed by atoms with van der Waals surface area (Å²) in [5.74, 6) is -1.48. The smallest absolute Gasteiger partial charge is 0.231 e. The van der Waals surface area contributed by atoms with Gasteiger partial charge in [-0.2, -0.15) is 0 Å². The Hall–Kier alpha value is -2.28. The minimum absolute atomic E-state index is 0.0749. The number of nitrogens with one attached hydrogen (secondary N) is 1. The molecule has 3 rings (SSSR count). The van der Waals surface area contributed by atoms with E-state index in [0.29, 0.717) is 5.13 Å². The van der Waals surface area contributed by atoms with Crippen molar-refractivity contribution < 1.29 is 14.0 Å². The fourth-order valence-corrected chi connectivity index (χ4v) is 2.81. The second-order valence-electron chi connectivity index (χ2n) is 4.68. The van der Waals surface area contributed by atoms with Crippen LogP contribution in [0.5, 0.6) is 0 Å². The van der Waals surface area contributed by atoms with Crippen molar-refractivity contribution >= 4 is 34.0 Å². The van der Waals surface area contributed by atoms with E-state index in [1.165, 1.54) is 28.4 Å². The van der Waals surface area contributed by atoms with Crippen LogP contribution in [0.4, 0.5) is 15.2 Å². The molecular weight excluding hydrogens is 293 g/mol. The van der Waals surface area contributed by atoms with Crippen molar-refractivity contribution in [2.45, 2.75) is 6.42 Å². The van der Waals surface area contributed by atoms with E-state index in [0.717, 1.165) is 0 Å². The van der Waals surface area contributed by atoms with E-state index in [-0.39, 0.29) is 30.5 Å². The quantitative estimate of drug-likeness (QED) is 0.946. The lowest BCUT2D eigenvalue weighted by Crippen LogP contribution is -2.28. The number of nitrogens with zero attached hydrogens (tertiary/aromatic N) is 2. The molecule has 1 aliphatic rings. The summed E-state index contributed by atoms with van der Waals surface area (Å²) in [5.41, 5.74) is 0.215. The number of carbonyl (C=O) groups is 2. The summed E-state index contributed by atoms with van der Waals surface area (Å²) in [6, 6.07) is 6.06. The van der Waals surface area contributed by atoms with Crippen molar-refractivity contribution in [3.8, 4) is 0 Å². The molecule has 1 fully saturated rings. The number of aromatic nitrogens is 1. The summed E-state index contributed by atoms with van der Waals surface area (Å²) in [6.07, 6.45) is 1.66. The van der Waals surface area contributed by atoms with Crippen LogP contribution >= 0.6 is 11.3 Å². The molecule has 2 heterocycles. The van der Waals surface area contributed by atoms with Gasteiger partial charge in [-0.05, 0) is 12.1 Å². The predicted molar refractivity (Wildman–Crippen MR) is 77.6 cm³/mol. The number of para-hydroxylation sites is 1. The molecule has 0 aliphatic carbocycles. The van der Waals surface area contributed by atoms with Crippen LogP contribution < -0.4 is 10.2 Å². The number of rotatable bonds is 3. The van der Waals surface area contributed by atoms with Gasteiger partial charge in [-0.3, -0.25) is 9.59 Å². The summed E-state index contributed by atoms with van der Waals surface area (Å²) in [7, 11) is 0. The van der Waals surface area contributed by atoms with Crippen molar-refractivity contribution in [3.63, 3.8) is 0 Å². The molecule has 0 radical (unpaired) electrons. The van der Waals surface area contributed by atoms with Crippen molar-refractivity contribution in [1.82, 2.24) is 4.98 Å². The van der Waals surface area contributed by atoms with Gasteiger partial charge in [0.15, 0.2) is 5.13 Å². The second kappa shape index (κ2) is 5.61. The van der Waals surface area contributed by atoms with Crippen LogP contribution in [0.1, 0.15) is 6.42 Å². The van der Waals surface area contributed by atoms with E-state index in [9.17, 15) is 14.0 Å². The van der Waals surface area contributed by atoms with Crippen molar-refractivity contribution in [3.05, 3.63) is 41.7 Å². The molecule has 1 atom stereocenters. The Labute approximate surface area is 124 Å². The number of halogens is 1. The molecular formula is C14H12FN3O2S. The average molecular weight is 305 g/mol. The van der Waals surface area contributed by atoms with Gasteiger partial charge < -0.3 is 10.2 Å². The van der Waals surface area contributed by atoms with E-state index >= 15 is 0 Å². The molecule has 0 bridgehead atoms. The molecule has 2 aromatic rings. The third kappa shape index (κ3) is 2.78. The lowest BCUT2D eigenvalue weighted by molar-refractivity contribution is -0.122. The minimum atomic E-state index is -0.499. The van der Waals surface area contributed by atoms with Crippen LogP contribution in [0, 0.1) is 11.7 Å². The molecule has 1 aliphatic heterocycles. The van der Waals surface area contributed by atoms with Gasteiger partial charge >= 0.3 is 0 Å². The van der Waals surface area contributed by atoms with Gasteiger partial charge in [0.2, 0.25) is 11.8 Å². The maximum Gasteiger partial charge on any atom is 0.231 e. The Morgan fingerprint density at radius 2 is 2.24 bits per heavy atom. The molecule has 21 heavy (non-hydrogen) atoms. The summed E-state index contributed by atoms with van der Waals surface area (Å²) < 4.78 is 13.7. The van der Waals surface area contributed by atoms with E-state index in [1.54, 1.807) is 23.7 Å². The van der Waals surface area contributed by atoms with Crippen LogP contribution in [0.2, 0.25) is 0 Å². The topological polar surface area (TPSA) is 62.3 Å². The van der Waals surface area contributed by atoms with E-state index in [1.807, 2.05) is 0 Å². The summed E-state index contributed by atoms with van der Waals surface area (Å²) in [6.45, 7) is 0.178.